The maximum atomic E-state index is 15.2. The number of carbonyl (C=O) groups excluding carboxylic acids is 2. The summed E-state index contributed by atoms with van der Waals surface area (Å²) in [6.45, 7) is 1.62. The molecule has 1 fully saturated rings. The van der Waals surface area contributed by atoms with Crippen molar-refractivity contribution in [2.24, 2.45) is 0 Å². The van der Waals surface area contributed by atoms with Crippen LogP contribution in [0, 0.1) is 5.82 Å². The largest absolute Gasteiger partial charge is 0.478 e. The van der Waals surface area contributed by atoms with Crippen molar-refractivity contribution in [2.45, 2.75) is 25.6 Å². The highest BCUT2D eigenvalue weighted by molar-refractivity contribution is 5.90. The first kappa shape index (κ1) is 30.1. The van der Waals surface area contributed by atoms with Gasteiger partial charge in [-0.15, -0.1) is 0 Å². The zero-order valence-corrected chi connectivity index (χ0v) is 22.3. The van der Waals surface area contributed by atoms with Gasteiger partial charge >= 0.3 is 23.4 Å². The van der Waals surface area contributed by atoms with Crippen molar-refractivity contribution in [1.29, 1.82) is 0 Å². The summed E-state index contributed by atoms with van der Waals surface area (Å²) in [5, 5.41) is 12.0. The molecule has 0 aliphatic carbocycles. The molecule has 1 saturated heterocycles. The molecule has 1 aromatic heterocycles. The minimum Gasteiger partial charge on any atom is -0.478 e. The lowest BCUT2D eigenvalue weighted by Crippen LogP contribution is -2.33. The minimum absolute atomic E-state index is 0.0424. The van der Waals surface area contributed by atoms with Crippen LogP contribution in [0.15, 0.2) is 52.1 Å². The van der Waals surface area contributed by atoms with Crippen LogP contribution in [-0.2, 0) is 22.6 Å². The third-order valence-corrected chi connectivity index (χ3v) is 6.64. The number of carboxylic acids is 1. The van der Waals surface area contributed by atoms with Crippen LogP contribution >= 0.6 is 0 Å². The number of benzene rings is 2. The third-order valence-electron chi connectivity index (χ3n) is 6.64. The smallest absolute Gasteiger partial charge is 0.414 e. The van der Waals surface area contributed by atoms with E-state index in [1.165, 1.54) is 44.6 Å². The van der Waals surface area contributed by atoms with Gasteiger partial charge in [-0.25, -0.2) is 46.3 Å². The molecule has 13 nitrogen and oxygen atoms in total. The van der Waals surface area contributed by atoms with Gasteiger partial charge in [0, 0.05) is 19.6 Å². The van der Waals surface area contributed by atoms with Gasteiger partial charge in [0.05, 0.1) is 42.3 Å². The molecule has 2 aliphatic heterocycles. The number of rotatable bonds is 7. The van der Waals surface area contributed by atoms with E-state index < -0.39 is 42.0 Å². The molecule has 42 heavy (non-hydrogen) atoms. The maximum absolute atomic E-state index is 15.2. The molecule has 16 heteroatoms. The predicted molar refractivity (Wildman–Crippen MR) is 143 cm³/mol. The normalized spacial score (nSPS) is 16.4. The summed E-state index contributed by atoms with van der Waals surface area (Å²) in [6, 6.07) is 9.98. The van der Waals surface area contributed by atoms with Gasteiger partial charge < -0.3 is 20.1 Å². The van der Waals surface area contributed by atoms with Crippen molar-refractivity contribution in [3.63, 3.8) is 0 Å². The van der Waals surface area contributed by atoms with Gasteiger partial charge in [0.1, 0.15) is 11.9 Å². The fourth-order valence-corrected chi connectivity index (χ4v) is 4.70. The fraction of sp³-hybridized carbons (Fsp3) is 0.346. The zero-order valence-electron chi connectivity index (χ0n) is 22.3. The van der Waals surface area contributed by atoms with E-state index in [4.69, 9.17) is 14.6 Å². The molecule has 2 aliphatic rings. The summed E-state index contributed by atoms with van der Waals surface area (Å²) in [5.74, 6) is -1.64. The number of halogens is 3. The van der Waals surface area contributed by atoms with E-state index in [9.17, 15) is 28.0 Å². The quantitative estimate of drug-likeness (QED) is 0.386. The average molecular weight is 593 g/mol. The summed E-state index contributed by atoms with van der Waals surface area (Å²) in [6.07, 6.45) is -4.07. The number of likely N-dealkylation sites (N-methyl/N-ethyl adjacent to an activating group) is 1. The lowest BCUT2D eigenvalue weighted by molar-refractivity contribution is -0.116. The highest BCUT2D eigenvalue weighted by Crippen LogP contribution is 2.28. The van der Waals surface area contributed by atoms with Crippen molar-refractivity contribution in [3.8, 4) is 5.69 Å². The summed E-state index contributed by atoms with van der Waals surface area (Å²) < 4.78 is 44.8. The van der Waals surface area contributed by atoms with Crippen LogP contribution < -0.4 is 26.5 Å². The first-order valence-electron chi connectivity index (χ1n) is 12.7. The lowest BCUT2D eigenvalue weighted by Gasteiger charge is -2.23. The average Bonchev–Trinajstić information content (AvgIpc) is 3.33. The van der Waals surface area contributed by atoms with E-state index >= 15 is 4.39 Å². The molecular formula is C26H27F3N6O7. The van der Waals surface area contributed by atoms with Crippen molar-refractivity contribution in [3.05, 3.63) is 74.8 Å². The molecular weight excluding hydrogens is 565 g/mol. The summed E-state index contributed by atoms with van der Waals surface area (Å²) in [5.41, 5.74) is -0.126. The number of hydrogen-bond donors (Lipinski definition) is 2. The van der Waals surface area contributed by atoms with Crippen molar-refractivity contribution >= 4 is 29.7 Å². The van der Waals surface area contributed by atoms with Crippen molar-refractivity contribution < 1.29 is 37.4 Å². The molecule has 3 heterocycles. The molecule has 0 bridgehead atoms. The van der Waals surface area contributed by atoms with Crippen LogP contribution in [0.1, 0.15) is 10.4 Å². The zero-order chi connectivity index (χ0) is 30.6. The Hall–Kier alpha value is -4.86. The molecule has 0 spiro atoms. The van der Waals surface area contributed by atoms with Crippen LogP contribution in [0.2, 0.25) is 0 Å². The van der Waals surface area contributed by atoms with E-state index in [1.54, 1.807) is 24.1 Å². The number of alkyl halides is 2. The highest BCUT2D eigenvalue weighted by atomic mass is 19.3. The number of anilines is 2. The lowest BCUT2D eigenvalue weighted by atomic mass is 10.2. The topological polar surface area (TPSA) is 148 Å². The Morgan fingerprint density at radius 3 is 2.10 bits per heavy atom. The minimum atomic E-state index is -2.80. The number of hydrogen-bond acceptors (Lipinski definition) is 8. The van der Waals surface area contributed by atoms with Gasteiger partial charge in [-0.2, -0.15) is 0 Å². The van der Waals surface area contributed by atoms with Crippen molar-refractivity contribution in [1.82, 2.24) is 19.2 Å². The Kier molecular flexibility index (Phi) is 9.15. The number of nitrogens with zero attached hydrogens (tertiary/aromatic N) is 5. The molecule has 1 amide bonds. The number of nitrogens with one attached hydrogen (secondary N) is 1. The summed E-state index contributed by atoms with van der Waals surface area (Å²) in [4.78, 5) is 61.3. The second-order valence-electron chi connectivity index (χ2n) is 9.27. The van der Waals surface area contributed by atoms with Gasteiger partial charge in [0.15, 0.2) is 6.29 Å². The van der Waals surface area contributed by atoms with Crippen LogP contribution in [0.25, 0.3) is 5.69 Å². The van der Waals surface area contributed by atoms with Gasteiger partial charge in [0.2, 0.25) is 0 Å². The standard InChI is InChI=1S/C24H25FN6O6.C2H2F2O/c1-26-13-18-14-28(24(36)37-18)17-6-7-20(19(25)12-17)27-8-10-29-22(34)31(23(35)30(29)11-9-27)16-4-2-15(3-5-16)21(32)33;3-2(4)1-5/h2-7,12,18,26H,8-11,13-14H2,1H3,(H,32,33);1-2H/t18-;/m0./s1. The number of aldehydes is 1. The number of cyclic esters (lactones) is 1. The SMILES string of the molecule is CNC[C@H]1CN(c2ccc(N3CCn4c(=O)n(-c5ccc(C(=O)O)cc5)c(=O)n4CC3)c(F)c2)C(=O)O1.O=CC(F)F. The number of carbonyl (C=O) groups is 3. The van der Waals surface area contributed by atoms with E-state index in [0.29, 0.717) is 24.5 Å². The monoisotopic (exact) mass is 592 g/mol. The number of amides is 1. The predicted octanol–water partition coefficient (Wildman–Crippen LogP) is 1.15. The van der Waals surface area contributed by atoms with Crippen LogP contribution in [0.5, 0.6) is 0 Å². The Bertz CT molecular complexity index is 1540. The van der Waals surface area contributed by atoms with Gasteiger partial charge in [-0.3, -0.25) is 9.69 Å². The summed E-state index contributed by atoms with van der Waals surface area (Å²) in [7, 11) is 1.75. The molecule has 1 atom stereocenters. The first-order valence-corrected chi connectivity index (χ1v) is 12.7. The summed E-state index contributed by atoms with van der Waals surface area (Å²) >= 11 is 0. The second-order valence-corrected chi connectivity index (χ2v) is 9.27. The molecule has 2 aromatic carbocycles. The fourth-order valence-electron chi connectivity index (χ4n) is 4.70. The first-order chi connectivity index (χ1) is 20.0. The Morgan fingerprint density at radius 1 is 1.02 bits per heavy atom. The number of fused-ring (bicyclic) bond motifs is 1. The number of ether oxygens (including phenoxy) is 1. The highest BCUT2D eigenvalue weighted by Gasteiger charge is 2.32. The molecule has 5 rings (SSSR count). The van der Waals surface area contributed by atoms with Gasteiger partial charge in [-0.1, -0.05) is 0 Å². The Balaban J connectivity index is 0.000000748. The van der Waals surface area contributed by atoms with E-state index in [0.717, 1.165) is 4.57 Å². The number of carboxylic acid groups (broad SMARTS) is 1. The molecule has 224 valence electrons. The van der Waals surface area contributed by atoms with Gasteiger partial charge in [0.25, 0.3) is 6.43 Å². The van der Waals surface area contributed by atoms with Crippen molar-refractivity contribution in [2.75, 3.05) is 43.0 Å². The van der Waals surface area contributed by atoms with Crippen LogP contribution in [-0.4, -0.2) is 83.1 Å². The van der Waals surface area contributed by atoms with Crippen LogP contribution in [0.3, 0.4) is 0 Å². The molecule has 3 aromatic rings. The Labute approximate surface area is 235 Å². The third kappa shape index (κ3) is 6.22. The van der Waals surface area contributed by atoms with E-state index in [1.807, 2.05) is 0 Å². The molecule has 0 unspecified atom stereocenters. The van der Waals surface area contributed by atoms with E-state index in [-0.39, 0.29) is 43.5 Å². The number of aromatic carboxylic acids is 1. The van der Waals surface area contributed by atoms with Gasteiger partial charge in [-0.05, 0) is 49.5 Å². The Morgan fingerprint density at radius 2 is 1.60 bits per heavy atom. The van der Waals surface area contributed by atoms with E-state index in [2.05, 4.69) is 5.32 Å². The molecule has 0 saturated carbocycles. The maximum Gasteiger partial charge on any atom is 0.414 e. The van der Waals surface area contributed by atoms with Crippen LogP contribution in [0.4, 0.5) is 29.3 Å². The second kappa shape index (κ2) is 12.8. The molecule has 2 N–H and O–H groups in total. The molecule has 0 radical (unpaired) electrons. The number of aromatic nitrogens is 3.